The number of carbonyl (C=O) groups excluding carboxylic acids is 1. The molecule has 28 heavy (non-hydrogen) atoms. The molecule has 0 aliphatic carbocycles. The van der Waals surface area contributed by atoms with Gasteiger partial charge in [0.05, 0.1) is 6.61 Å². The lowest BCUT2D eigenvalue weighted by Gasteiger charge is -2.29. The Morgan fingerprint density at radius 1 is 1.36 bits per heavy atom. The number of rotatable bonds is 5. The van der Waals surface area contributed by atoms with Gasteiger partial charge in [-0.05, 0) is 29.8 Å². The largest absolute Gasteiger partial charge is 0.479 e. The Morgan fingerprint density at radius 2 is 2.18 bits per heavy atom. The first-order valence-electron chi connectivity index (χ1n) is 9.45. The summed E-state index contributed by atoms with van der Waals surface area (Å²) in [6, 6.07) is 7.49. The van der Waals surface area contributed by atoms with Gasteiger partial charge in [-0.25, -0.2) is 4.98 Å². The number of hydrogen-bond acceptors (Lipinski definition) is 6. The molecule has 1 amide bonds. The highest BCUT2D eigenvalue weighted by molar-refractivity contribution is 6.31. The van der Waals surface area contributed by atoms with Crippen LogP contribution in [0.2, 0.25) is 5.02 Å². The maximum absolute atomic E-state index is 12.9. The van der Waals surface area contributed by atoms with Gasteiger partial charge >= 0.3 is 0 Å². The van der Waals surface area contributed by atoms with E-state index in [0.29, 0.717) is 42.6 Å². The van der Waals surface area contributed by atoms with Crippen LogP contribution >= 0.6 is 11.6 Å². The minimum atomic E-state index is -0.515. The van der Waals surface area contributed by atoms with E-state index in [2.05, 4.69) is 15.6 Å². The van der Waals surface area contributed by atoms with E-state index < -0.39 is 6.10 Å². The number of halogens is 1. The minimum absolute atomic E-state index is 0.0252. The summed E-state index contributed by atoms with van der Waals surface area (Å²) in [6.45, 7) is 3.46. The fourth-order valence-corrected chi connectivity index (χ4v) is 3.89. The number of pyridine rings is 1. The lowest BCUT2D eigenvalue weighted by Crippen LogP contribution is -2.50. The lowest BCUT2D eigenvalue weighted by atomic mass is 10.0. The number of carbonyl (C=O) groups is 1. The number of aromatic nitrogens is 1. The third kappa shape index (κ3) is 3.92. The zero-order valence-electron chi connectivity index (χ0n) is 15.4. The molecule has 1 fully saturated rings. The van der Waals surface area contributed by atoms with E-state index in [-0.39, 0.29) is 12.5 Å². The summed E-state index contributed by atoms with van der Waals surface area (Å²) in [6.07, 6.45) is 1.70. The van der Waals surface area contributed by atoms with Gasteiger partial charge in [-0.2, -0.15) is 0 Å². The van der Waals surface area contributed by atoms with Crippen molar-refractivity contribution in [1.29, 1.82) is 0 Å². The van der Waals surface area contributed by atoms with E-state index in [0.717, 1.165) is 29.8 Å². The quantitative estimate of drug-likeness (QED) is 0.703. The van der Waals surface area contributed by atoms with Crippen molar-refractivity contribution in [3.05, 3.63) is 41.0 Å². The Balaban J connectivity index is 1.60. The normalized spacial score (nSPS) is 18.5. The second-order valence-corrected chi connectivity index (χ2v) is 7.34. The summed E-state index contributed by atoms with van der Waals surface area (Å²) >= 11 is 6.35. The molecule has 1 atom stereocenters. The summed E-state index contributed by atoms with van der Waals surface area (Å²) in [5, 5.41) is 15.9. The van der Waals surface area contributed by atoms with Gasteiger partial charge in [-0.15, -0.1) is 0 Å². The smallest absolute Gasteiger partial charge is 0.264 e. The highest BCUT2D eigenvalue weighted by Crippen LogP contribution is 2.41. The van der Waals surface area contributed by atoms with Crippen LogP contribution in [0.25, 0.3) is 11.1 Å². The van der Waals surface area contributed by atoms with Crippen LogP contribution < -0.4 is 15.4 Å². The van der Waals surface area contributed by atoms with E-state index in [1.165, 1.54) is 0 Å². The van der Waals surface area contributed by atoms with E-state index in [9.17, 15) is 4.79 Å². The molecule has 3 heterocycles. The number of hydrogen-bond donors (Lipinski definition) is 3. The van der Waals surface area contributed by atoms with Crippen LogP contribution in [0.1, 0.15) is 5.56 Å². The molecule has 148 valence electrons. The molecule has 0 radical (unpaired) electrons. The molecule has 2 aliphatic rings. The first-order valence-corrected chi connectivity index (χ1v) is 9.83. The van der Waals surface area contributed by atoms with Crippen LogP contribution in [0.15, 0.2) is 30.5 Å². The predicted octanol–water partition coefficient (Wildman–Crippen LogP) is 1.54. The number of aliphatic hydroxyl groups excluding tert-OH is 1. The van der Waals surface area contributed by atoms with Crippen molar-refractivity contribution >= 4 is 23.3 Å². The van der Waals surface area contributed by atoms with Crippen LogP contribution in [0.5, 0.6) is 5.75 Å². The molecule has 4 rings (SSSR count). The number of ether oxygens (including phenoxy) is 1. The molecule has 3 N–H and O–H groups in total. The molecule has 0 saturated carbocycles. The summed E-state index contributed by atoms with van der Waals surface area (Å²) < 4.78 is 6.13. The minimum Gasteiger partial charge on any atom is -0.479 e. The molecular formula is C20H23ClN4O3. The predicted molar refractivity (Wildman–Crippen MR) is 108 cm³/mol. The Hall–Kier alpha value is -2.35. The van der Waals surface area contributed by atoms with Crippen molar-refractivity contribution < 1.29 is 14.6 Å². The Bertz CT molecular complexity index is 871. The van der Waals surface area contributed by atoms with Crippen molar-refractivity contribution in [2.45, 2.75) is 12.5 Å². The van der Waals surface area contributed by atoms with Gasteiger partial charge in [0.15, 0.2) is 6.10 Å². The molecule has 1 saturated heterocycles. The number of nitrogens with zero attached hydrogens (tertiary/aromatic N) is 2. The van der Waals surface area contributed by atoms with Crippen molar-refractivity contribution in [3.8, 4) is 16.9 Å². The van der Waals surface area contributed by atoms with Crippen molar-refractivity contribution in [2.75, 3.05) is 44.6 Å². The van der Waals surface area contributed by atoms with Gasteiger partial charge in [0.2, 0.25) is 0 Å². The maximum atomic E-state index is 12.9. The Labute approximate surface area is 168 Å². The SMILES string of the molecule is O=C(C1Cc2cc(Cl)cc(-c3ccnc(NCCO)c3)c2O1)N1CCNCC1. The van der Waals surface area contributed by atoms with Gasteiger partial charge in [-0.3, -0.25) is 4.79 Å². The van der Waals surface area contributed by atoms with Crippen LogP contribution in [0, 0.1) is 0 Å². The average Bonchev–Trinajstić information content (AvgIpc) is 3.15. The molecule has 7 nitrogen and oxygen atoms in total. The first kappa shape index (κ1) is 19.0. The van der Waals surface area contributed by atoms with E-state index in [4.69, 9.17) is 21.4 Å². The van der Waals surface area contributed by atoms with Crippen LogP contribution in [-0.2, 0) is 11.2 Å². The summed E-state index contributed by atoms with van der Waals surface area (Å²) in [5.74, 6) is 1.39. The fourth-order valence-electron chi connectivity index (χ4n) is 3.64. The number of benzene rings is 1. The van der Waals surface area contributed by atoms with Crippen molar-refractivity contribution in [2.24, 2.45) is 0 Å². The van der Waals surface area contributed by atoms with Crippen LogP contribution in [0.4, 0.5) is 5.82 Å². The van der Waals surface area contributed by atoms with Gasteiger partial charge in [0.25, 0.3) is 5.91 Å². The van der Waals surface area contributed by atoms with Crippen molar-refractivity contribution in [1.82, 2.24) is 15.2 Å². The van der Waals surface area contributed by atoms with Gasteiger partial charge < -0.3 is 25.4 Å². The standard InChI is InChI=1S/C20H23ClN4O3/c21-15-9-14-10-17(20(27)25-6-3-22-4-7-25)28-19(14)16(12-15)13-1-2-23-18(11-13)24-5-8-26/h1-2,9,11-12,17,22,26H,3-8,10H2,(H,23,24). The summed E-state index contributed by atoms with van der Waals surface area (Å²) in [5.41, 5.74) is 2.68. The molecular weight excluding hydrogens is 380 g/mol. The Morgan fingerprint density at radius 3 is 2.96 bits per heavy atom. The monoisotopic (exact) mass is 402 g/mol. The first-order chi connectivity index (χ1) is 13.7. The summed E-state index contributed by atoms with van der Waals surface area (Å²) in [4.78, 5) is 19.0. The molecule has 8 heteroatoms. The third-order valence-corrected chi connectivity index (χ3v) is 5.21. The van der Waals surface area contributed by atoms with Crippen molar-refractivity contribution in [3.63, 3.8) is 0 Å². The van der Waals surface area contributed by atoms with Gasteiger partial charge in [0.1, 0.15) is 11.6 Å². The number of amides is 1. The average molecular weight is 403 g/mol. The number of nitrogens with one attached hydrogen (secondary N) is 2. The molecule has 0 spiro atoms. The van der Waals surface area contributed by atoms with Gasteiger partial charge in [-0.1, -0.05) is 11.6 Å². The highest BCUT2D eigenvalue weighted by Gasteiger charge is 2.34. The highest BCUT2D eigenvalue weighted by atomic mass is 35.5. The van der Waals surface area contributed by atoms with E-state index in [1.807, 2.05) is 29.2 Å². The van der Waals surface area contributed by atoms with Crippen LogP contribution in [0.3, 0.4) is 0 Å². The zero-order valence-corrected chi connectivity index (χ0v) is 16.2. The number of fused-ring (bicyclic) bond motifs is 1. The fraction of sp³-hybridized carbons (Fsp3) is 0.400. The molecule has 1 aromatic carbocycles. The third-order valence-electron chi connectivity index (χ3n) is 4.99. The number of piperazine rings is 1. The van der Waals surface area contributed by atoms with E-state index in [1.54, 1.807) is 6.20 Å². The molecule has 1 unspecified atom stereocenters. The van der Waals surface area contributed by atoms with E-state index >= 15 is 0 Å². The van der Waals surface area contributed by atoms with Gasteiger partial charge in [0, 0.05) is 61.5 Å². The molecule has 2 aliphatic heterocycles. The maximum Gasteiger partial charge on any atom is 0.264 e. The Kier molecular flexibility index (Phi) is 5.66. The zero-order chi connectivity index (χ0) is 19.5. The molecule has 0 bridgehead atoms. The summed E-state index contributed by atoms with van der Waals surface area (Å²) in [7, 11) is 0. The second-order valence-electron chi connectivity index (χ2n) is 6.91. The topological polar surface area (TPSA) is 86.7 Å². The lowest BCUT2D eigenvalue weighted by molar-refractivity contribution is -0.138. The second kappa shape index (κ2) is 8.34. The number of aliphatic hydroxyl groups is 1. The molecule has 1 aromatic heterocycles. The van der Waals surface area contributed by atoms with Crippen LogP contribution in [-0.4, -0.2) is 66.3 Å². The molecule has 2 aromatic rings. The number of anilines is 1.